The van der Waals surface area contributed by atoms with Crippen LogP contribution in [0.4, 0.5) is 5.69 Å². The van der Waals surface area contributed by atoms with Crippen molar-refractivity contribution in [3.8, 4) is 11.5 Å². The van der Waals surface area contributed by atoms with Crippen molar-refractivity contribution in [2.75, 3.05) is 12.4 Å². The summed E-state index contributed by atoms with van der Waals surface area (Å²) < 4.78 is 11.7. The minimum atomic E-state index is -0.657. The zero-order valence-electron chi connectivity index (χ0n) is 15.4. The van der Waals surface area contributed by atoms with Crippen molar-refractivity contribution in [1.29, 1.82) is 0 Å². The zero-order chi connectivity index (χ0) is 18.8. The molecule has 0 N–H and O–H groups in total. The maximum absolute atomic E-state index is 13.3. The molecule has 2 atom stereocenters. The molecule has 2 aliphatic heterocycles. The molecule has 1 fully saturated rings. The van der Waals surface area contributed by atoms with E-state index < -0.39 is 6.10 Å². The van der Waals surface area contributed by atoms with Crippen LogP contribution >= 0.6 is 11.8 Å². The van der Waals surface area contributed by atoms with Gasteiger partial charge in [-0.2, -0.15) is 0 Å². The van der Waals surface area contributed by atoms with Crippen LogP contribution in [-0.4, -0.2) is 40.5 Å². The van der Waals surface area contributed by atoms with Crippen molar-refractivity contribution >= 4 is 28.5 Å². The number of para-hydroxylation sites is 2. The highest BCUT2D eigenvalue weighted by Crippen LogP contribution is 2.34. The Hall–Kier alpha value is -2.47. The number of ether oxygens (including phenoxy) is 2. The first-order valence-electron chi connectivity index (χ1n) is 9.15. The molecule has 0 bridgehead atoms. The highest BCUT2D eigenvalue weighted by molar-refractivity contribution is 8.14. The summed E-state index contributed by atoms with van der Waals surface area (Å²) in [6.45, 7) is 4.34. The van der Waals surface area contributed by atoms with Crippen LogP contribution in [0, 0.1) is 6.92 Å². The summed E-state index contributed by atoms with van der Waals surface area (Å²) in [6, 6.07) is 15.5. The predicted molar refractivity (Wildman–Crippen MR) is 108 cm³/mol. The van der Waals surface area contributed by atoms with Gasteiger partial charge in [0.25, 0.3) is 5.91 Å². The number of nitrogens with zero attached hydrogens (tertiary/aromatic N) is 2. The summed E-state index contributed by atoms with van der Waals surface area (Å²) in [6.07, 6.45) is 0.214. The second-order valence-corrected chi connectivity index (χ2v) is 7.67. The van der Waals surface area contributed by atoms with E-state index in [2.05, 4.69) is 6.92 Å². The number of aliphatic imine (C=N–C) groups is 1. The lowest BCUT2D eigenvalue weighted by Crippen LogP contribution is -2.49. The van der Waals surface area contributed by atoms with E-state index in [1.165, 1.54) is 0 Å². The van der Waals surface area contributed by atoms with Gasteiger partial charge in [-0.1, -0.05) is 43.0 Å². The van der Waals surface area contributed by atoms with Crippen LogP contribution in [0.3, 0.4) is 0 Å². The topological polar surface area (TPSA) is 51.1 Å². The average molecular weight is 382 g/mol. The number of carbonyl (C=O) groups is 1. The molecule has 2 aliphatic rings. The minimum Gasteiger partial charge on any atom is -0.485 e. The summed E-state index contributed by atoms with van der Waals surface area (Å²) in [5.74, 6) is 2.04. The third-order valence-corrected chi connectivity index (χ3v) is 5.79. The standard InChI is InChI=1S/C21H22N2O3S/c1-3-16-13-27-21(22-15-8-6-7-14(2)11-15)23(16)20(24)19-12-25-17-9-4-5-10-18(17)26-19/h4-11,16,19H,3,12-13H2,1-2H3/t16-,19+/m0/s1. The fraction of sp³-hybridized carbons (Fsp3) is 0.333. The number of thioether (sulfide) groups is 1. The second kappa shape index (κ2) is 7.64. The lowest BCUT2D eigenvalue weighted by Gasteiger charge is -2.31. The van der Waals surface area contributed by atoms with Crippen LogP contribution in [0.2, 0.25) is 0 Å². The van der Waals surface area contributed by atoms with Crippen molar-refractivity contribution in [3.63, 3.8) is 0 Å². The van der Waals surface area contributed by atoms with E-state index in [1.807, 2.05) is 55.5 Å². The van der Waals surface area contributed by atoms with Gasteiger partial charge >= 0.3 is 0 Å². The Labute approximate surface area is 163 Å². The molecule has 5 nitrogen and oxygen atoms in total. The molecule has 2 aromatic rings. The summed E-state index contributed by atoms with van der Waals surface area (Å²) in [5, 5.41) is 0.736. The summed E-state index contributed by atoms with van der Waals surface area (Å²) in [7, 11) is 0. The number of amides is 1. The van der Waals surface area contributed by atoms with Gasteiger partial charge in [-0.3, -0.25) is 9.69 Å². The van der Waals surface area contributed by atoms with Gasteiger partial charge in [-0.05, 0) is 43.2 Å². The van der Waals surface area contributed by atoms with Crippen LogP contribution in [-0.2, 0) is 4.79 Å². The van der Waals surface area contributed by atoms with Crippen LogP contribution in [0.15, 0.2) is 53.5 Å². The molecular formula is C21H22N2O3S. The average Bonchev–Trinajstić information content (AvgIpc) is 3.09. The van der Waals surface area contributed by atoms with Crippen LogP contribution in [0.5, 0.6) is 11.5 Å². The molecule has 27 heavy (non-hydrogen) atoms. The van der Waals surface area contributed by atoms with Crippen molar-refractivity contribution in [1.82, 2.24) is 4.90 Å². The maximum atomic E-state index is 13.3. The third kappa shape index (κ3) is 3.67. The lowest BCUT2D eigenvalue weighted by molar-refractivity contribution is -0.138. The van der Waals surface area contributed by atoms with Gasteiger partial charge in [0.15, 0.2) is 16.7 Å². The SMILES string of the molecule is CC[C@H]1CSC(=Nc2cccc(C)c2)N1C(=O)[C@H]1COc2ccccc2O1. The normalized spacial score (nSPS) is 22.9. The first-order valence-corrected chi connectivity index (χ1v) is 10.1. The Morgan fingerprint density at radius 1 is 1.22 bits per heavy atom. The third-order valence-electron chi connectivity index (χ3n) is 4.70. The Morgan fingerprint density at radius 3 is 2.81 bits per heavy atom. The molecule has 0 radical (unpaired) electrons. The van der Waals surface area contributed by atoms with E-state index in [0.29, 0.717) is 11.5 Å². The second-order valence-electron chi connectivity index (χ2n) is 6.68. The van der Waals surface area contributed by atoms with Crippen molar-refractivity contribution < 1.29 is 14.3 Å². The number of rotatable bonds is 3. The number of carbonyl (C=O) groups excluding carboxylic acids is 1. The molecule has 4 rings (SSSR count). The van der Waals surface area contributed by atoms with Gasteiger partial charge in [0, 0.05) is 11.8 Å². The Bertz CT molecular complexity index is 883. The molecule has 1 amide bonds. The number of benzene rings is 2. The lowest BCUT2D eigenvalue weighted by atomic mass is 10.2. The first-order chi connectivity index (χ1) is 13.2. The number of amidine groups is 1. The maximum Gasteiger partial charge on any atom is 0.273 e. The molecule has 6 heteroatoms. The Kier molecular flexibility index (Phi) is 5.07. The van der Waals surface area contributed by atoms with Gasteiger partial charge in [0.2, 0.25) is 6.10 Å². The molecule has 0 unspecified atom stereocenters. The molecule has 0 aliphatic carbocycles. The van der Waals surface area contributed by atoms with Gasteiger partial charge in [-0.25, -0.2) is 4.99 Å². The smallest absolute Gasteiger partial charge is 0.273 e. The molecule has 0 aromatic heterocycles. The highest BCUT2D eigenvalue weighted by atomic mass is 32.2. The van der Waals surface area contributed by atoms with Gasteiger partial charge < -0.3 is 9.47 Å². The Balaban J connectivity index is 1.60. The number of aryl methyl sites for hydroxylation is 1. The van der Waals surface area contributed by atoms with E-state index in [4.69, 9.17) is 14.5 Å². The predicted octanol–water partition coefficient (Wildman–Crippen LogP) is 4.18. The van der Waals surface area contributed by atoms with Gasteiger partial charge in [-0.15, -0.1) is 0 Å². The van der Waals surface area contributed by atoms with Crippen molar-refractivity contribution in [2.45, 2.75) is 32.4 Å². The number of hydrogen-bond acceptors (Lipinski definition) is 5. The molecule has 2 heterocycles. The quantitative estimate of drug-likeness (QED) is 0.799. The molecule has 140 valence electrons. The fourth-order valence-electron chi connectivity index (χ4n) is 3.24. The van der Waals surface area contributed by atoms with Gasteiger partial charge in [0.05, 0.1) is 5.69 Å². The van der Waals surface area contributed by atoms with Crippen LogP contribution in [0.1, 0.15) is 18.9 Å². The fourth-order valence-corrected chi connectivity index (χ4v) is 4.51. The summed E-state index contributed by atoms with van der Waals surface area (Å²) in [5.41, 5.74) is 2.00. The van der Waals surface area contributed by atoms with Crippen molar-refractivity contribution in [2.24, 2.45) is 4.99 Å². The first kappa shape index (κ1) is 17.9. The van der Waals surface area contributed by atoms with E-state index in [9.17, 15) is 4.79 Å². The monoisotopic (exact) mass is 382 g/mol. The number of fused-ring (bicyclic) bond motifs is 1. The van der Waals surface area contributed by atoms with E-state index in [1.54, 1.807) is 16.7 Å². The van der Waals surface area contributed by atoms with E-state index in [0.717, 1.165) is 28.6 Å². The zero-order valence-corrected chi connectivity index (χ0v) is 16.2. The molecule has 2 aromatic carbocycles. The number of hydrogen-bond donors (Lipinski definition) is 0. The summed E-state index contributed by atoms with van der Waals surface area (Å²) in [4.78, 5) is 19.8. The van der Waals surface area contributed by atoms with E-state index >= 15 is 0 Å². The largest absolute Gasteiger partial charge is 0.485 e. The highest BCUT2D eigenvalue weighted by Gasteiger charge is 2.40. The molecular weight excluding hydrogens is 360 g/mol. The Morgan fingerprint density at radius 2 is 2.04 bits per heavy atom. The van der Waals surface area contributed by atoms with Crippen molar-refractivity contribution in [3.05, 3.63) is 54.1 Å². The van der Waals surface area contributed by atoms with E-state index in [-0.39, 0.29) is 18.6 Å². The minimum absolute atomic E-state index is 0.0900. The molecule has 0 saturated carbocycles. The van der Waals surface area contributed by atoms with Crippen LogP contribution < -0.4 is 9.47 Å². The van der Waals surface area contributed by atoms with Gasteiger partial charge in [0.1, 0.15) is 6.61 Å². The molecule has 0 spiro atoms. The molecule has 1 saturated heterocycles. The summed E-state index contributed by atoms with van der Waals surface area (Å²) >= 11 is 1.62. The van der Waals surface area contributed by atoms with Crippen LogP contribution in [0.25, 0.3) is 0 Å².